The van der Waals surface area contributed by atoms with Crippen molar-refractivity contribution in [1.29, 1.82) is 0 Å². The molecule has 1 N–H and O–H groups in total. The Bertz CT molecular complexity index is 700. The second-order valence-electron chi connectivity index (χ2n) is 3.32. The molecule has 0 amide bonds. The van der Waals surface area contributed by atoms with Gasteiger partial charge in [0.25, 0.3) is 11.7 Å². The van der Waals surface area contributed by atoms with Gasteiger partial charge in [-0.3, -0.25) is 0 Å². The summed E-state index contributed by atoms with van der Waals surface area (Å²) in [7, 11) is 0. The Balaban J connectivity index is 2.17. The predicted molar refractivity (Wildman–Crippen MR) is 55.4 cm³/mol. The van der Waals surface area contributed by atoms with Gasteiger partial charge in [-0.05, 0) is 17.3 Å². The van der Waals surface area contributed by atoms with Gasteiger partial charge in [-0.1, -0.05) is 6.07 Å². The van der Waals surface area contributed by atoms with Crippen molar-refractivity contribution < 1.29 is 14.4 Å². The summed E-state index contributed by atoms with van der Waals surface area (Å²) in [5, 5.41) is 16.1. The van der Waals surface area contributed by atoms with Crippen molar-refractivity contribution in [2.45, 2.75) is 0 Å². The number of rotatable bonds is 2. The molecule has 0 fully saturated rings. The first-order valence-electron chi connectivity index (χ1n) is 4.75. The highest BCUT2D eigenvalue weighted by Crippen LogP contribution is 2.22. The fourth-order valence-corrected chi connectivity index (χ4v) is 1.52. The highest BCUT2D eigenvalue weighted by Gasteiger charge is 2.17. The van der Waals surface area contributed by atoms with Gasteiger partial charge < -0.3 is 9.63 Å². The maximum atomic E-state index is 10.6. The van der Waals surface area contributed by atoms with E-state index in [2.05, 4.69) is 15.2 Å². The van der Waals surface area contributed by atoms with Crippen LogP contribution in [0.4, 0.5) is 0 Å². The van der Waals surface area contributed by atoms with Crippen molar-refractivity contribution in [3.8, 4) is 11.5 Å². The second-order valence-corrected chi connectivity index (χ2v) is 3.32. The summed E-state index contributed by atoms with van der Waals surface area (Å²) in [4.78, 5) is 14.4. The first-order valence-corrected chi connectivity index (χ1v) is 4.75. The van der Waals surface area contributed by atoms with Gasteiger partial charge in [0.2, 0.25) is 0 Å². The molecule has 0 bridgehead atoms. The average molecular weight is 230 g/mol. The molecule has 0 unspecified atom stereocenters. The Hall–Kier alpha value is -2.70. The maximum absolute atomic E-state index is 10.6. The van der Waals surface area contributed by atoms with Gasteiger partial charge in [-0.2, -0.15) is 10.1 Å². The standard InChI is InChI=1S/C10H6N4O3/c15-10(16)8-12-9(17-13-8)6-5-11-14-4-2-1-3-7(6)14/h1-5H,(H,15,16). The van der Waals surface area contributed by atoms with Gasteiger partial charge in [0.15, 0.2) is 0 Å². The lowest BCUT2D eigenvalue weighted by Gasteiger charge is -1.91. The van der Waals surface area contributed by atoms with E-state index >= 15 is 0 Å². The summed E-state index contributed by atoms with van der Waals surface area (Å²) >= 11 is 0. The molecule has 0 saturated carbocycles. The Morgan fingerprint density at radius 2 is 2.29 bits per heavy atom. The Kier molecular flexibility index (Phi) is 1.91. The number of nitrogens with zero attached hydrogens (tertiary/aromatic N) is 4. The van der Waals surface area contributed by atoms with Crippen LogP contribution in [-0.2, 0) is 0 Å². The van der Waals surface area contributed by atoms with Crippen LogP contribution >= 0.6 is 0 Å². The number of fused-ring (bicyclic) bond motifs is 1. The van der Waals surface area contributed by atoms with Gasteiger partial charge in [0, 0.05) is 6.20 Å². The lowest BCUT2D eigenvalue weighted by molar-refractivity contribution is 0.0680. The van der Waals surface area contributed by atoms with Crippen LogP contribution in [-0.4, -0.2) is 30.8 Å². The smallest absolute Gasteiger partial charge is 0.377 e. The third-order valence-corrected chi connectivity index (χ3v) is 2.27. The van der Waals surface area contributed by atoms with Crippen LogP contribution in [0.5, 0.6) is 0 Å². The Morgan fingerprint density at radius 3 is 3.06 bits per heavy atom. The molecular weight excluding hydrogens is 224 g/mol. The van der Waals surface area contributed by atoms with Gasteiger partial charge in [0.1, 0.15) is 0 Å². The van der Waals surface area contributed by atoms with Gasteiger partial charge in [-0.15, -0.1) is 0 Å². The van der Waals surface area contributed by atoms with E-state index in [0.29, 0.717) is 5.56 Å². The summed E-state index contributed by atoms with van der Waals surface area (Å²) in [6.07, 6.45) is 3.32. The van der Waals surface area contributed by atoms with E-state index in [-0.39, 0.29) is 11.7 Å². The van der Waals surface area contributed by atoms with Crippen LogP contribution in [0.25, 0.3) is 17.0 Å². The van der Waals surface area contributed by atoms with E-state index in [9.17, 15) is 4.79 Å². The lowest BCUT2D eigenvalue weighted by Crippen LogP contribution is -1.98. The second kappa shape index (κ2) is 3.41. The Labute approximate surface area is 94.3 Å². The van der Waals surface area contributed by atoms with Crippen LogP contribution in [0.2, 0.25) is 0 Å². The molecule has 0 atom stereocenters. The van der Waals surface area contributed by atoms with E-state index in [4.69, 9.17) is 9.63 Å². The zero-order chi connectivity index (χ0) is 11.8. The minimum absolute atomic E-state index is 0.142. The van der Waals surface area contributed by atoms with E-state index in [1.807, 2.05) is 18.2 Å². The van der Waals surface area contributed by atoms with Crippen LogP contribution in [0.15, 0.2) is 35.1 Å². The number of aromatic nitrogens is 4. The van der Waals surface area contributed by atoms with Crippen molar-refractivity contribution in [3.63, 3.8) is 0 Å². The molecule has 0 aromatic carbocycles. The minimum Gasteiger partial charge on any atom is -0.475 e. The third-order valence-electron chi connectivity index (χ3n) is 2.27. The van der Waals surface area contributed by atoms with Gasteiger partial charge >= 0.3 is 5.97 Å². The van der Waals surface area contributed by atoms with Crippen molar-refractivity contribution in [2.24, 2.45) is 0 Å². The predicted octanol–water partition coefficient (Wildman–Crippen LogP) is 1.08. The Morgan fingerprint density at radius 1 is 1.41 bits per heavy atom. The molecule has 3 aromatic heterocycles. The normalized spacial score (nSPS) is 10.8. The zero-order valence-electron chi connectivity index (χ0n) is 8.44. The molecule has 0 aliphatic rings. The molecule has 17 heavy (non-hydrogen) atoms. The quantitative estimate of drug-likeness (QED) is 0.708. The lowest BCUT2D eigenvalue weighted by atomic mass is 10.2. The fraction of sp³-hybridized carbons (Fsp3) is 0. The van der Waals surface area contributed by atoms with Crippen molar-refractivity contribution in [2.75, 3.05) is 0 Å². The highest BCUT2D eigenvalue weighted by atomic mass is 16.5. The number of aromatic carboxylic acids is 1. The van der Waals surface area contributed by atoms with Gasteiger partial charge in [-0.25, -0.2) is 9.31 Å². The molecule has 0 spiro atoms. The first-order chi connectivity index (χ1) is 8.25. The van der Waals surface area contributed by atoms with Crippen LogP contribution in [0.3, 0.4) is 0 Å². The number of hydrogen-bond acceptors (Lipinski definition) is 5. The molecule has 3 heterocycles. The van der Waals surface area contributed by atoms with E-state index < -0.39 is 5.97 Å². The summed E-state index contributed by atoms with van der Waals surface area (Å²) in [5.74, 6) is -1.45. The summed E-state index contributed by atoms with van der Waals surface area (Å²) in [5.41, 5.74) is 1.37. The number of carboxylic acid groups (broad SMARTS) is 1. The molecule has 0 aliphatic heterocycles. The van der Waals surface area contributed by atoms with E-state index in [1.54, 1.807) is 16.9 Å². The van der Waals surface area contributed by atoms with Crippen molar-refractivity contribution in [1.82, 2.24) is 19.8 Å². The van der Waals surface area contributed by atoms with Gasteiger partial charge in [0.05, 0.1) is 17.3 Å². The molecule has 3 aromatic rings. The topological polar surface area (TPSA) is 93.5 Å². The molecule has 7 heteroatoms. The molecular formula is C10H6N4O3. The molecule has 84 valence electrons. The summed E-state index contributed by atoms with van der Waals surface area (Å²) in [6, 6.07) is 5.50. The van der Waals surface area contributed by atoms with Crippen LogP contribution < -0.4 is 0 Å². The molecule has 0 radical (unpaired) electrons. The number of pyridine rings is 1. The third kappa shape index (κ3) is 1.44. The van der Waals surface area contributed by atoms with Crippen molar-refractivity contribution in [3.05, 3.63) is 36.4 Å². The number of carbonyl (C=O) groups is 1. The monoisotopic (exact) mass is 230 g/mol. The molecule has 0 saturated heterocycles. The molecule has 7 nitrogen and oxygen atoms in total. The maximum Gasteiger partial charge on any atom is 0.377 e. The summed E-state index contributed by atoms with van der Waals surface area (Å²) < 4.78 is 6.52. The first kappa shape index (κ1) is 9.52. The van der Waals surface area contributed by atoms with Crippen LogP contribution in [0.1, 0.15) is 10.6 Å². The SMILES string of the molecule is O=C(O)c1noc(-c2cnn3ccccc23)n1. The zero-order valence-corrected chi connectivity index (χ0v) is 8.44. The number of carboxylic acids is 1. The fourth-order valence-electron chi connectivity index (χ4n) is 1.52. The molecule has 0 aliphatic carbocycles. The van der Waals surface area contributed by atoms with Crippen molar-refractivity contribution >= 4 is 11.5 Å². The highest BCUT2D eigenvalue weighted by molar-refractivity contribution is 5.84. The van der Waals surface area contributed by atoms with E-state index in [0.717, 1.165) is 5.52 Å². The molecule has 3 rings (SSSR count). The average Bonchev–Trinajstić information content (AvgIpc) is 2.95. The number of hydrogen-bond donors (Lipinski definition) is 1. The van der Waals surface area contributed by atoms with Crippen LogP contribution in [0, 0.1) is 0 Å². The summed E-state index contributed by atoms with van der Waals surface area (Å²) in [6.45, 7) is 0. The largest absolute Gasteiger partial charge is 0.475 e. The minimum atomic E-state index is -1.23. The van der Waals surface area contributed by atoms with E-state index in [1.165, 1.54) is 0 Å².